The molecule has 0 saturated heterocycles. The highest BCUT2D eigenvalue weighted by Gasteiger charge is 2.42. The Morgan fingerprint density at radius 1 is 1.07 bits per heavy atom. The Morgan fingerprint density at radius 3 is 2.49 bits per heavy atom. The van der Waals surface area contributed by atoms with Gasteiger partial charge >= 0.3 is 18.8 Å². The van der Waals surface area contributed by atoms with Gasteiger partial charge in [0.05, 0.1) is 22.6 Å². The van der Waals surface area contributed by atoms with Crippen LogP contribution in [-0.2, 0) is 12.6 Å². The maximum atomic E-state index is 14.1. The van der Waals surface area contributed by atoms with Crippen LogP contribution in [0, 0.1) is 0 Å². The molecule has 2 aromatic heterocycles. The van der Waals surface area contributed by atoms with Crippen LogP contribution in [0.2, 0.25) is 0 Å². The molecule has 5 rings (SSSR count). The molecule has 224 valence electrons. The number of alkyl halides is 5. The quantitative estimate of drug-likeness (QED) is 0.235. The van der Waals surface area contributed by atoms with Crippen LogP contribution >= 0.6 is 0 Å². The van der Waals surface area contributed by atoms with Crippen molar-refractivity contribution in [3.05, 3.63) is 94.9 Å². The summed E-state index contributed by atoms with van der Waals surface area (Å²) in [5, 5.41) is 13.1. The lowest BCUT2D eigenvalue weighted by Crippen LogP contribution is -2.26. The first kappa shape index (κ1) is 29.5. The van der Waals surface area contributed by atoms with E-state index in [0.29, 0.717) is 12.8 Å². The Balaban J connectivity index is 1.51. The monoisotopic (exact) mass is 602 g/mol. The van der Waals surface area contributed by atoms with Gasteiger partial charge in [-0.15, -0.1) is 0 Å². The number of pyridine rings is 1. The molecular weight excluding hydrogens is 579 g/mol. The number of aromatic nitrogens is 3. The number of halogens is 5. The summed E-state index contributed by atoms with van der Waals surface area (Å²) >= 11 is 0. The number of carboxylic acids is 1. The third-order valence-electron chi connectivity index (χ3n) is 6.83. The van der Waals surface area contributed by atoms with Crippen molar-refractivity contribution in [3.8, 4) is 17.3 Å². The minimum absolute atomic E-state index is 0.0249. The predicted octanol–water partition coefficient (Wildman–Crippen LogP) is 6.32. The zero-order valence-corrected chi connectivity index (χ0v) is 22.4. The van der Waals surface area contributed by atoms with Gasteiger partial charge in [-0.25, -0.2) is 14.5 Å². The summed E-state index contributed by atoms with van der Waals surface area (Å²) in [6.07, 6.45) is -3.55. The van der Waals surface area contributed by atoms with Crippen LogP contribution in [-0.4, -0.2) is 45.4 Å². The molecule has 1 amide bonds. The smallest absolute Gasteiger partial charge is 0.435 e. The average Bonchev–Trinajstić information content (AvgIpc) is 3.38. The van der Waals surface area contributed by atoms with E-state index in [1.165, 1.54) is 67.8 Å². The lowest BCUT2D eigenvalue weighted by molar-refractivity contribution is -0.142. The Morgan fingerprint density at radius 2 is 1.81 bits per heavy atom. The van der Waals surface area contributed by atoms with Gasteiger partial charge in [-0.2, -0.15) is 27.1 Å². The van der Waals surface area contributed by atoms with Crippen LogP contribution in [0.3, 0.4) is 0 Å². The molecule has 1 unspecified atom stereocenters. The number of carbonyl (C=O) groups is 2. The van der Waals surface area contributed by atoms with E-state index in [1.807, 2.05) is 0 Å². The Hall–Kier alpha value is -5.01. The first-order chi connectivity index (χ1) is 20.4. The molecule has 9 nitrogen and oxygen atoms in total. The van der Waals surface area contributed by atoms with Crippen molar-refractivity contribution in [1.29, 1.82) is 0 Å². The van der Waals surface area contributed by atoms with E-state index in [4.69, 9.17) is 9.84 Å². The second-order valence-corrected chi connectivity index (χ2v) is 9.60. The van der Waals surface area contributed by atoms with Gasteiger partial charge in [-0.1, -0.05) is 6.07 Å². The fraction of sp³-hybridized carbons (Fsp3) is 0.241. The summed E-state index contributed by atoms with van der Waals surface area (Å²) in [4.78, 5) is 29.4. The predicted molar refractivity (Wildman–Crippen MR) is 142 cm³/mol. The minimum atomic E-state index is -4.76. The first-order valence-corrected chi connectivity index (χ1v) is 12.9. The lowest BCUT2D eigenvalue weighted by atomic mass is 9.92. The molecule has 14 heteroatoms. The van der Waals surface area contributed by atoms with Gasteiger partial charge in [-0.3, -0.25) is 4.79 Å². The van der Waals surface area contributed by atoms with Crippen LogP contribution in [0.4, 0.5) is 27.6 Å². The number of hydrogen-bond donors (Lipinski definition) is 1. The van der Waals surface area contributed by atoms with Crippen LogP contribution < -0.4 is 14.4 Å². The number of nitrogens with zero attached hydrogens (tertiary/aromatic N) is 4. The zero-order chi connectivity index (χ0) is 30.9. The molecule has 1 aliphatic carbocycles. The molecular formula is C29H23F5N4O5. The first-order valence-electron chi connectivity index (χ1n) is 12.9. The summed E-state index contributed by atoms with van der Waals surface area (Å²) in [5.41, 5.74) is -0.446. The van der Waals surface area contributed by atoms with E-state index < -0.39 is 42.3 Å². The van der Waals surface area contributed by atoms with Crippen molar-refractivity contribution in [2.45, 2.75) is 38.2 Å². The number of fused-ring (bicyclic) bond motifs is 1. The van der Waals surface area contributed by atoms with Gasteiger partial charge in [0.15, 0.2) is 5.69 Å². The third kappa shape index (κ3) is 6.27. The summed E-state index contributed by atoms with van der Waals surface area (Å²) < 4.78 is 79.0. The highest BCUT2D eigenvalue weighted by atomic mass is 19.4. The molecule has 1 N–H and O–H groups in total. The van der Waals surface area contributed by atoms with Crippen molar-refractivity contribution in [3.63, 3.8) is 0 Å². The molecule has 43 heavy (non-hydrogen) atoms. The van der Waals surface area contributed by atoms with Crippen molar-refractivity contribution in [2.75, 3.05) is 11.9 Å². The molecule has 1 atom stereocenters. The van der Waals surface area contributed by atoms with Gasteiger partial charge in [0.1, 0.15) is 11.9 Å². The van der Waals surface area contributed by atoms with Crippen molar-refractivity contribution in [2.24, 2.45) is 0 Å². The number of rotatable bonds is 8. The summed E-state index contributed by atoms with van der Waals surface area (Å²) in [6, 6.07) is 13.9. The van der Waals surface area contributed by atoms with E-state index in [0.717, 1.165) is 15.6 Å². The molecule has 0 aliphatic heterocycles. The number of ether oxygens (including phenoxy) is 2. The lowest BCUT2D eigenvalue weighted by Gasteiger charge is -2.26. The van der Waals surface area contributed by atoms with Crippen molar-refractivity contribution in [1.82, 2.24) is 14.8 Å². The van der Waals surface area contributed by atoms with Crippen LogP contribution in [0.25, 0.3) is 5.69 Å². The Bertz CT molecular complexity index is 1660. The molecule has 0 radical (unpaired) electrons. The molecule has 0 fully saturated rings. The normalized spacial score (nSPS) is 14.7. The summed E-state index contributed by atoms with van der Waals surface area (Å²) in [6.45, 7) is -3.11. The molecule has 0 spiro atoms. The maximum absolute atomic E-state index is 14.1. The molecule has 0 bridgehead atoms. The number of aromatic carboxylic acids is 1. The second kappa shape index (κ2) is 11.7. The maximum Gasteiger partial charge on any atom is 0.435 e. The highest BCUT2D eigenvalue weighted by molar-refractivity contribution is 6.06. The summed E-state index contributed by atoms with van der Waals surface area (Å²) in [5.74, 6) is -1.85. The molecule has 4 aromatic rings. The summed E-state index contributed by atoms with van der Waals surface area (Å²) in [7, 11) is 1.40. The van der Waals surface area contributed by atoms with Crippen LogP contribution in [0.1, 0.15) is 56.6 Å². The average molecular weight is 603 g/mol. The number of carboxylic acid groups (broad SMARTS) is 1. The van der Waals surface area contributed by atoms with Crippen LogP contribution in [0.15, 0.2) is 66.9 Å². The molecule has 1 aliphatic rings. The van der Waals surface area contributed by atoms with E-state index in [-0.39, 0.29) is 45.9 Å². The van der Waals surface area contributed by atoms with E-state index >= 15 is 0 Å². The topological polar surface area (TPSA) is 107 Å². The van der Waals surface area contributed by atoms with Gasteiger partial charge in [-0.05, 0) is 67.8 Å². The Labute approximate surface area is 241 Å². The fourth-order valence-electron chi connectivity index (χ4n) is 4.87. The SMILES string of the molecule is CN(C(=O)c1cccc(-n2nc(C(F)(F)F)c3c2C(Oc2ccc(C(=O)O)cc2)CCC3)c1)c1ccnc(OC(F)F)c1. The number of benzene rings is 2. The largest absolute Gasteiger partial charge is 0.484 e. The van der Waals surface area contributed by atoms with Crippen LogP contribution in [0.5, 0.6) is 11.6 Å². The number of carbonyl (C=O) groups excluding carboxylic acids is 1. The fourth-order valence-corrected chi connectivity index (χ4v) is 4.87. The van der Waals surface area contributed by atoms with Crippen molar-refractivity contribution >= 4 is 17.6 Å². The second-order valence-electron chi connectivity index (χ2n) is 9.60. The van der Waals surface area contributed by atoms with Gasteiger partial charge in [0.25, 0.3) is 5.91 Å². The van der Waals surface area contributed by atoms with E-state index in [2.05, 4.69) is 14.8 Å². The number of hydrogen-bond acceptors (Lipinski definition) is 6. The van der Waals surface area contributed by atoms with Gasteiger partial charge in [0, 0.05) is 30.4 Å². The van der Waals surface area contributed by atoms with Gasteiger partial charge in [0.2, 0.25) is 5.88 Å². The highest BCUT2D eigenvalue weighted by Crippen LogP contribution is 2.42. The number of amides is 1. The standard InChI is InChI=1S/C29H23F5N4O5/c1-37(18-12-13-35-23(15-18)43-28(30)31)26(39)17-4-2-5-19(14-17)38-24-21(25(36-38)29(32,33)34)6-3-7-22(24)42-20-10-8-16(9-11-20)27(40)41/h2,4-5,8-15,22,28H,3,6-7H2,1H3,(H,40,41). The van der Waals surface area contributed by atoms with E-state index in [1.54, 1.807) is 0 Å². The molecule has 2 heterocycles. The van der Waals surface area contributed by atoms with Crippen molar-refractivity contribution < 1.29 is 46.1 Å². The van der Waals surface area contributed by atoms with Gasteiger partial charge < -0.3 is 19.5 Å². The molecule has 2 aromatic carbocycles. The molecule has 0 saturated carbocycles. The Kier molecular flexibility index (Phi) is 8.02. The number of anilines is 1. The minimum Gasteiger partial charge on any atom is -0.484 e. The zero-order valence-electron chi connectivity index (χ0n) is 22.4. The third-order valence-corrected chi connectivity index (χ3v) is 6.83. The van der Waals surface area contributed by atoms with E-state index in [9.17, 15) is 31.5 Å².